The van der Waals surface area contributed by atoms with Gasteiger partial charge in [-0.05, 0) is 13.0 Å². The molecule has 0 aliphatic carbocycles. The van der Waals surface area contributed by atoms with E-state index in [1.165, 1.54) is 0 Å². The second-order valence-corrected chi connectivity index (χ2v) is 2.74. The van der Waals surface area contributed by atoms with Gasteiger partial charge >= 0.3 is 6.18 Å². The topological polar surface area (TPSA) is 32.3 Å². The zero-order chi connectivity index (χ0) is 8.48. The van der Waals surface area contributed by atoms with Crippen LogP contribution in [-0.4, -0.2) is 30.0 Å². The average molecular weight is 169 g/mol. The van der Waals surface area contributed by atoms with Crippen LogP contribution in [0.25, 0.3) is 0 Å². The molecule has 0 aromatic rings. The van der Waals surface area contributed by atoms with E-state index >= 15 is 0 Å². The molecular weight excluding hydrogens is 159 g/mol. The number of alkyl halides is 3. The Hall–Kier alpha value is -0.290. The Bertz CT molecular complexity index is 136. The molecule has 1 fully saturated rings. The molecule has 0 aromatic carbocycles. The van der Waals surface area contributed by atoms with Gasteiger partial charge in [0.1, 0.15) is 0 Å². The van der Waals surface area contributed by atoms with Crippen LogP contribution in [-0.2, 0) is 0 Å². The van der Waals surface area contributed by atoms with Crippen molar-refractivity contribution >= 4 is 0 Å². The van der Waals surface area contributed by atoms with E-state index in [2.05, 4.69) is 5.32 Å². The lowest BCUT2D eigenvalue weighted by molar-refractivity contribution is -0.143. The lowest BCUT2D eigenvalue weighted by Gasteiger charge is -2.16. The van der Waals surface area contributed by atoms with Crippen molar-refractivity contribution in [3.8, 4) is 0 Å². The van der Waals surface area contributed by atoms with Crippen LogP contribution in [0.4, 0.5) is 13.2 Å². The number of nitrogens with one attached hydrogen (secondary N) is 1. The Morgan fingerprint density at radius 3 is 2.45 bits per heavy atom. The molecule has 0 amide bonds. The molecule has 0 bridgehead atoms. The van der Waals surface area contributed by atoms with E-state index in [0.29, 0.717) is 13.0 Å². The van der Waals surface area contributed by atoms with Gasteiger partial charge in [0.2, 0.25) is 0 Å². The van der Waals surface area contributed by atoms with E-state index in [0.717, 1.165) is 0 Å². The Morgan fingerprint density at radius 1 is 1.45 bits per heavy atom. The fourth-order valence-corrected chi connectivity index (χ4v) is 1.21. The fraction of sp³-hybridized carbons (Fsp3) is 1.00. The molecule has 1 aliphatic heterocycles. The summed E-state index contributed by atoms with van der Waals surface area (Å²) in [7, 11) is 0. The van der Waals surface area contributed by atoms with Gasteiger partial charge in [-0.1, -0.05) is 0 Å². The van der Waals surface area contributed by atoms with E-state index in [1.54, 1.807) is 0 Å². The van der Waals surface area contributed by atoms with Crippen LogP contribution in [0.1, 0.15) is 12.8 Å². The maximum Gasteiger partial charge on any atom is 0.390 e. The first-order valence-electron chi connectivity index (χ1n) is 3.47. The maximum atomic E-state index is 11.7. The largest absolute Gasteiger partial charge is 0.391 e. The summed E-state index contributed by atoms with van der Waals surface area (Å²) >= 11 is 0. The monoisotopic (exact) mass is 169 g/mol. The second kappa shape index (κ2) is 2.98. The van der Waals surface area contributed by atoms with Gasteiger partial charge in [0.25, 0.3) is 0 Å². The number of aliphatic hydroxyl groups excluding tert-OH is 1. The van der Waals surface area contributed by atoms with Crippen LogP contribution < -0.4 is 5.32 Å². The van der Waals surface area contributed by atoms with Gasteiger partial charge < -0.3 is 10.4 Å². The second-order valence-electron chi connectivity index (χ2n) is 2.74. The van der Waals surface area contributed by atoms with Crippen molar-refractivity contribution < 1.29 is 18.3 Å². The quantitative estimate of drug-likeness (QED) is 0.604. The minimum atomic E-state index is -4.18. The summed E-state index contributed by atoms with van der Waals surface area (Å²) in [5, 5.41) is 11.6. The van der Waals surface area contributed by atoms with Gasteiger partial charge in [0.05, 0.1) is 12.5 Å². The molecule has 1 saturated heterocycles. The minimum absolute atomic E-state index is 0.417. The molecule has 1 rings (SSSR count). The summed E-state index contributed by atoms with van der Waals surface area (Å²) < 4.78 is 35.2. The van der Waals surface area contributed by atoms with Gasteiger partial charge in [-0.3, -0.25) is 0 Å². The first-order valence-corrected chi connectivity index (χ1v) is 3.47. The summed E-state index contributed by atoms with van der Waals surface area (Å²) in [5.41, 5.74) is 0. The van der Waals surface area contributed by atoms with Gasteiger partial charge in [0.15, 0.2) is 0 Å². The molecule has 2 N–H and O–H groups in total. The molecule has 2 nitrogen and oxygen atoms in total. The van der Waals surface area contributed by atoms with E-state index in [1.807, 2.05) is 0 Å². The highest BCUT2D eigenvalue weighted by molar-refractivity contribution is 4.84. The minimum Gasteiger partial charge on any atom is -0.391 e. The smallest absolute Gasteiger partial charge is 0.390 e. The average Bonchev–Trinajstić information content (AvgIpc) is 2.12. The van der Waals surface area contributed by atoms with E-state index in [-0.39, 0.29) is 0 Å². The molecule has 1 heterocycles. The lowest BCUT2D eigenvalue weighted by atomic mass is 10.1. The normalized spacial score (nSPS) is 32.7. The van der Waals surface area contributed by atoms with Crippen LogP contribution in [0.2, 0.25) is 0 Å². The molecule has 2 atom stereocenters. The number of rotatable bonds is 1. The zero-order valence-corrected chi connectivity index (χ0v) is 5.86. The third-order valence-electron chi connectivity index (χ3n) is 1.76. The van der Waals surface area contributed by atoms with E-state index < -0.39 is 24.7 Å². The predicted molar refractivity (Wildman–Crippen MR) is 33.1 cm³/mol. The molecule has 0 aromatic heterocycles. The zero-order valence-electron chi connectivity index (χ0n) is 5.86. The summed E-state index contributed by atoms with van der Waals surface area (Å²) in [5.74, 6) is 0. The molecule has 1 aliphatic rings. The third kappa shape index (κ3) is 2.67. The number of hydrogen-bond acceptors (Lipinski definition) is 2. The SMILES string of the molecule is OC1CCNC1CC(F)(F)F. The molecule has 0 saturated carbocycles. The highest BCUT2D eigenvalue weighted by atomic mass is 19.4. The van der Waals surface area contributed by atoms with Crippen LogP contribution in [0.5, 0.6) is 0 Å². The van der Waals surface area contributed by atoms with Gasteiger partial charge in [0, 0.05) is 6.04 Å². The standard InChI is InChI=1S/C6H10F3NO/c7-6(8,9)3-4-5(11)1-2-10-4/h4-5,10-11H,1-3H2. The summed E-state index contributed by atoms with van der Waals surface area (Å²) in [4.78, 5) is 0. The molecule has 11 heavy (non-hydrogen) atoms. The third-order valence-corrected chi connectivity index (χ3v) is 1.76. The molecule has 0 spiro atoms. The molecule has 66 valence electrons. The molecule has 2 unspecified atom stereocenters. The predicted octanol–water partition coefficient (Wildman–Crippen LogP) is 0.662. The van der Waals surface area contributed by atoms with Crippen LogP contribution in [0, 0.1) is 0 Å². The van der Waals surface area contributed by atoms with Crippen molar-refractivity contribution in [2.24, 2.45) is 0 Å². The molecule has 5 heteroatoms. The fourth-order valence-electron chi connectivity index (χ4n) is 1.21. The van der Waals surface area contributed by atoms with Gasteiger partial charge in [-0.2, -0.15) is 13.2 Å². The Morgan fingerprint density at radius 2 is 2.09 bits per heavy atom. The van der Waals surface area contributed by atoms with Crippen LogP contribution in [0.15, 0.2) is 0 Å². The number of halogens is 3. The Balaban J connectivity index is 2.37. The van der Waals surface area contributed by atoms with E-state index in [9.17, 15) is 13.2 Å². The highest BCUT2D eigenvalue weighted by Crippen LogP contribution is 2.25. The van der Waals surface area contributed by atoms with Crippen molar-refractivity contribution in [3.05, 3.63) is 0 Å². The number of aliphatic hydroxyl groups is 1. The van der Waals surface area contributed by atoms with Crippen molar-refractivity contribution in [3.63, 3.8) is 0 Å². The van der Waals surface area contributed by atoms with Crippen LogP contribution >= 0.6 is 0 Å². The van der Waals surface area contributed by atoms with Crippen molar-refractivity contribution in [1.29, 1.82) is 0 Å². The highest BCUT2D eigenvalue weighted by Gasteiger charge is 2.36. The van der Waals surface area contributed by atoms with Crippen molar-refractivity contribution in [2.45, 2.75) is 31.2 Å². The lowest BCUT2D eigenvalue weighted by Crippen LogP contribution is -2.34. The van der Waals surface area contributed by atoms with Gasteiger partial charge in [-0.15, -0.1) is 0 Å². The Labute approximate surface area is 62.4 Å². The summed E-state index contributed by atoms with van der Waals surface area (Å²) in [6.07, 6.45) is -5.53. The maximum absolute atomic E-state index is 11.7. The molecule has 0 radical (unpaired) electrons. The van der Waals surface area contributed by atoms with E-state index in [4.69, 9.17) is 5.11 Å². The first-order chi connectivity index (χ1) is 4.99. The Kier molecular flexibility index (Phi) is 2.39. The van der Waals surface area contributed by atoms with Gasteiger partial charge in [-0.25, -0.2) is 0 Å². The molecular formula is C6H10F3NO. The first kappa shape index (κ1) is 8.80. The van der Waals surface area contributed by atoms with Crippen LogP contribution in [0.3, 0.4) is 0 Å². The summed E-state index contributed by atoms with van der Waals surface area (Å²) in [6.45, 7) is 0.474. The van der Waals surface area contributed by atoms with Crippen molar-refractivity contribution in [1.82, 2.24) is 5.32 Å². The van der Waals surface area contributed by atoms with Crippen molar-refractivity contribution in [2.75, 3.05) is 6.54 Å². The number of hydrogen-bond donors (Lipinski definition) is 2. The summed E-state index contributed by atoms with van der Waals surface area (Å²) in [6, 6.07) is -0.796.